The fraction of sp³-hybridized carbons (Fsp3) is 0.462. The zero-order valence-electron chi connectivity index (χ0n) is 10.7. The largest absolute Gasteiger partial charge is 0.481 e. The second-order valence-corrected chi connectivity index (χ2v) is 4.88. The molecule has 6 nitrogen and oxygen atoms in total. The molecule has 0 radical (unpaired) electrons. The van der Waals surface area contributed by atoms with E-state index in [0.29, 0.717) is 25.9 Å². The van der Waals surface area contributed by atoms with Crippen molar-refractivity contribution in [3.05, 3.63) is 34.4 Å². The van der Waals surface area contributed by atoms with E-state index in [0.717, 1.165) is 5.69 Å². The summed E-state index contributed by atoms with van der Waals surface area (Å²) >= 11 is 0. The van der Waals surface area contributed by atoms with Gasteiger partial charge in [0.25, 0.3) is 5.69 Å². The molecule has 1 fully saturated rings. The first-order chi connectivity index (χ1) is 8.98. The Kier molecular flexibility index (Phi) is 3.42. The van der Waals surface area contributed by atoms with Gasteiger partial charge in [0.1, 0.15) is 0 Å². The van der Waals surface area contributed by atoms with E-state index in [1.165, 1.54) is 12.1 Å². The second kappa shape index (κ2) is 4.87. The zero-order valence-corrected chi connectivity index (χ0v) is 10.7. The van der Waals surface area contributed by atoms with Crippen LogP contribution in [0.15, 0.2) is 24.3 Å². The SMILES string of the molecule is CCC1(C(=O)O)CCN(c2ccc([N+](=O)[O-])cc2)C1. The number of nitrogens with zero attached hydrogens (tertiary/aromatic N) is 2. The molecule has 1 N–H and O–H groups in total. The van der Waals surface area contributed by atoms with Gasteiger partial charge in [-0.3, -0.25) is 14.9 Å². The lowest BCUT2D eigenvalue weighted by Crippen LogP contribution is -2.34. The van der Waals surface area contributed by atoms with Gasteiger partial charge in [0.05, 0.1) is 10.3 Å². The van der Waals surface area contributed by atoms with Crippen molar-refractivity contribution in [1.29, 1.82) is 0 Å². The number of nitro groups is 1. The number of carboxylic acid groups (broad SMARTS) is 1. The molecule has 1 aromatic carbocycles. The number of hydrogen-bond donors (Lipinski definition) is 1. The molecule has 0 amide bonds. The molecule has 1 aliphatic rings. The molecule has 1 aliphatic heterocycles. The van der Waals surface area contributed by atoms with E-state index in [-0.39, 0.29) is 5.69 Å². The third-order valence-electron chi connectivity index (χ3n) is 3.91. The van der Waals surface area contributed by atoms with Gasteiger partial charge in [-0.1, -0.05) is 6.92 Å². The summed E-state index contributed by atoms with van der Waals surface area (Å²) in [7, 11) is 0. The Labute approximate surface area is 110 Å². The lowest BCUT2D eigenvalue weighted by Gasteiger charge is -2.24. The maximum atomic E-state index is 11.4. The lowest BCUT2D eigenvalue weighted by atomic mass is 9.84. The van der Waals surface area contributed by atoms with Crippen molar-refractivity contribution in [2.24, 2.45) is 5.41 Å². The highest BCUT2D eigenvalue weighted by molar-refractivity contribution is 5.76. The number of non-ortho nitro benzene ring substituents is 1. The summed E-state index contributed by atoms with van der Waals surface area (Å²) in [4.78, 5) is 23.5. The van der Waals surface area contributed by atoms with Crippen molar-refractivity contribution < 1.29 is 14.8 Å². The van der Waals surface area contributed by atoms with Crippen molar-refractivity contribution in [3.63, 3.8) is 0 Å². The van der Waals surface area contributed by atoms with Crippen LogP contribution in [0.25, 0.3) is 0 Å². The third kappa shape index (κ3) is 2.38. The van der Waals surface area contributed by atoms with Crippen LogP contribution in [0.4, 0.5) is 11.4 Å². The van der Waals surface area contributed by atoms with Gasteiger partial charge in [0.2, 0.25) is 0 Å². The molecule has 2 rings (SSSR count). The molecule has 0 aromatic heterocycles. The predicted octanol–water partition coefficient (Wildman–Crippen LogP) is 2.29. The summed E-state index contributed by atoms with van der Waals surface area (Å²) < 4.78 is 0. The molecular formula is C13H16N2O4. The third-order valence-corrected chi connectivity index (χ3v) is 3.91. The number of aliphatic carboxylic acids is 1. The fourth-order valence-electron chi connectivity index (χ4n) is 2.49. The van der Waals surface area contributed by atoms with E-state index in [9.17, 15) is 20.0 Å². The summed E-state index contributed by atoms with van der Waals surface area (Å²) in [6.07, 6.45) is 1.20. The minimum absolute atomic E-state index is 0.0444. The summed E-state index contributed by atoms with van der Waals surface area (Å²) in [5.41, 5.74) is 0.187. The van der Waals surface area contributed by atoms with Gasteiger partial charge in [-0.25, -0.2) is 0 Å². The molecule has 102 valence electrons. The van der Waals surface area contributed by atoms with Crippen molar-refractivity contribution in [3.8, 4) is 0 Å². The molecule has 0 bridgehead atoms. The van der Waals surface area contributed by atoms with Crippen molar-refractivity contribution in [2.45, 2.75) is 19.8 Å². The average Bonchev–Trinajstić information content (AvgIpc) is 2.84. The van der Waals surface area contributed by atoms with Crippen LogP contribution in [-0.4, -0.2) is 29.1 Å². The molecule has 0 aliphatic carbocycles. The van der Waals surface area contributed by atoms with E-state index < -0.39 is 16.3 Å². The van der Waals surface area contributed by atoms with Crippen LogP contribution in [0.5, 0.6) is 0 Å². The smallest absolute Gasteiger partial charge is 0.311 e. The topological polar surface area (TPSA) is 83.7 Å². The van der Waals surface area contributed by atoms with E-state index in [1.54, 1.807) is 12.1 Å². The van der Waals surface area contributed by atoms with Gasteiger partial charge in [-0.15, -0.1) is 0 Å². The van der Waals surface area contributed by atoms with Crippen LogP contribution in [0.3, 0.4) is 0 Å². The minimum atomic E-state index is -0.764. The number of benzene rings is 1. The monoisotopic (exact) mass is 264 g/mol. The van der Waals surface area contributed by atoms with E-state index in [4.69, 9.17) is 0 Å². The number of hydrogen-bond acceptors (Lipinski definition) is 4. The molecule has 19 heavy (non-hydrogen) atoms. The first-order valence-corrected chi connectivity index (χ1v) is 6.21. The van der Waals surface area contributed by atoms with Crippen molar-refractivity contribution >= 4 is 17.3 Å². The molecule has 1 saturated heterocycles. The fourth-order valence-corrected chi connectivity index (χ4v) is 2.49. The Morgan fingerprint density at radius 1 is 1.47 bits per heavy atom. The summed E-state index contributed by atoms with van der Waals surface area (Å²) in [6, 6.07) is 6.24. The van der Waals surface area contributed by atoms with Gasteiger partial charge in [0, 0.05) is 30.9 Å². The van der Waals surface area contributed by atoms with Crippen LogP contribution in [0.1, 0.15) is 19.8 Å². The molecule has 1 aromatic rings. The molecule has 1 atom stereocenters. The summed E-state index contributed by atoms with van der Waals surface area (Å²) in [5, 5.41) is 19.9. The van der Waals surface area contributed by atoms with Gasteiger partial charge < -0.3 is 10.0 Å². The molecule has 1 heterocycles. The normalized spacial score (nSPS) is 22.5. The molecule has 1 unspecified atom stereocenters. The molecular weight excluding hydrogens is 248 g/mol. The Balaban J connectivity index is 2.16. The Bertz CT molecular complexity index is 500. The number of carboxylic acids is 1. The Hall–Kier alpha value is -2.11. The second-order valence-electron chi connectivity index (χ2n) is 4.88. The molecule has 6 heteroatoms. The maximum Gasteiger partial charge on any atom is 0.311 e. The highest BCUT2D eigenvalue weighted by Gasteiger charge is 2.43. The number of nitro benzene ring substituents is 1. The Morgan fingerprint density at radius 3 is 2.53 bits per heavy atom. The van der Waals surface area contributed by atoms with E-state index in [1.807, 2.05) is 11.8 Å². The average molecular weight is 264 g/mol. The summed E-state index contributed by atoms with van der Waals surface area (Å²) in [5.74, 6) is -0.764. The quantitative estimate of drug-likeness (QED) is 0.666. The number of anilines is 1. The van der Waals surface area contributed by atoms with Gasteiger partial charge in [-0.2, -0.15) is 0 Å². The number of carbonyl (C=O) groups is 1. The molecule has 0 saturated carbocycles. The van der Waals surface area contributed by atoms with Gasteiger partial charge in [-0.05, 0) is 25.0 Å². The van der Waals surface area contributed by atoms with Crippen LogP contribution in [-0.2, 0) is 4.79 Å². The standard InChI is InChI=1S/C13H16N2O4/c1-2-13(12(16)17)7-8-14(9-13)10-3-5-11(6-4-10)15(18)19/h3-6H,2,7-9H2,1H3,(H,16,17). The lowest BCUT2D eigenvalue weighted by molar-refractivity contribution is -0.384. The van der Waals surface area contributed by atoms with Crippen LogP contribution < -0.4 is 4.90 Å². The van der Waals surface area contributed by atoms with Crippen LogP contribution in [0, 0.1) is 15.5 Å². The first-order valence-electron chi connectivity index (χ1n) is 6.21. The highest BCUT2D eigenvalue weighted by Crippen LogP contribution is 2.36. The van der Waals surface area contributed by atoms with Crippen LogP contribution in [0.2, 0.25) is 0 Å². The van der Waals surface area contributed by atoms with Crippen molar-refractivity contribution in [2.75, 3.05) is 18.0 Å². The molecule has 0 spiro atoms. The predicted molar refractivity (Wildman–Crippen MR) is 70.3 cm³/mol. The maximum absolute atomic E-state index is 11.4. The Morgan fingerprint density at radius 2 is 2.11 bits per heavy atom. The highest BCUT2D eigenvalue weighted by atomic mass is 16.6. The first kappa shape index (κ1) is 13.3. The van der Waals surface area contributed by atoms with Gasteiger partial charge >= 0.3 is 5.97 Å². The van der Waals surface area contributed by atoms with E-state index >= 15 is 0 Å². The zero-order chi connectivity index (χ0) is 14.0. The van der Waals surface area contributed by atoms with Crippen molar-refractivity contribution in [1.82, 2.24) is 0 Å². The number of rotatable bonds is 4. The van der Waals surface area contributed by atoms with Crippen LogP contribution >= 0.6 is 0 Å². The van der Waals surface area contributed by atoms with E-state index in [2.05, 4.69) is 0 Å². The minimum Gasteiger partial charge on any atom is -0.481 e. The summed E-state index contributed by atoms with van der Waals surface area (Å²) in [6.45, 7) is 3.00. The van der Waals surface area contributed by atoms with Gasteiger partial charge in [0.15, 0.2) is 0 Å².